The number of rotatable bonds is 10. The number of pyridine rings is 1. The molecule has 2 saturated heterocycles. The first-order valence-electron chi connectivity index (χ1n) is 12.4. The van der Waals surface area contributed by atoms with Crippen molar-refractivity contribution in [2.75, 3.05) is 38.7 Å². The standard InChI is InChI=1S/C26H33N5O5/c1-5-34-22(32)14-31-11-10-26(15-31,33-4)24-25(36-24)28-18-7-8-20-19(12-18)23(30-29-20)17-6-9-21(27-13-17)35-16(2)3/h6-9,12-13,16,24-25,28H,5,10-11,14-15H2,1-4H3,(H,29,30)/t24-,25?,26-/m0/s1. The maximum atomic E-state index is 11.9. The van der Waals surface area contributed by atoms with Gasteiger partial charge in [0, 0.05) is 49.1 Å². The summed E-state index contributed by atoms with van der Waals surface area (Å²) in [7, 11) is 1.71. The highest BCUT2D eigenvalue weighted by atomic mass is 16.6. The van der Waals surface area contributed by atoms with Gasteiger partial charge in [-0.05, 0) is 51.5 Å². The molecule has 1 unspecified atom stereocenters. The third-order valence-corrected chi connectivity index (χ3v) is 6.66. The van der Waals surface area contributed by atoms with Gasteiger partial charge in [-0.25, -0.2) is 4.98 Å². The van der Waals surface area contributed by atoms with Crippen molar-refractivity contribution in [3.8, 4) is 17.1 Å². The number of aromatic amines is 1. The zero-order valence-corrected chi connectivity index (χ0v) is 21.1. The molecule has 0 bridgehead atoms. The number of ether oxygens (including phenoxy) is 4. The van der Waals surface area contributed by atoms with E-state index < -0.39 is 5.60 Å². The predicted octanol–water partition coefficient (Wildman–Crippen LogP) is 3.20. The van der Waals surface area contributed by atoms with Crippen molar-refractivity contribution < 1.29 is 23.7 Å². The van der Waals surface area contributed by atoms with Crippen LogP contribution >= 0.6 is 0 Å². The molecular formula is C26H33N5O5. The molecule has 2 aromatic heterocycles. The number of likely N-dealkylation sites (tertiary alicyclic amines) is 1. The summed E-state index contributed by atoms with van der Waals surface area (Å²) in [5.74, 6) is 0.380. The number of epoxide rings is 1. The van der Waals surface area contributed by atoms with Crippen LogP contribution in [0.5, 0.6) is 5.88 Å². The normalized spacial score (nSPS) is 23.8. The Kier molecular flexibility index (Phi) is 6.83. The zero-order valence-electron chi connectivity index (χ0n) is 21.1. The number of carbonyl (C=O) groups excluding carboxylic acids is 1. The highest BCUT2D eigenvalue weighted by molar-refractivity contribution is 5.94. The average Bonchev–Trinajstić information content (AvgIpc) is 3.31. The Morgan fingerprint density at radius 1 is 1.33 bits per heavy atom. The number of methoxy groups -OCH3 is 1. The van der Waals surface area contributed by atoms with Crippen LogP contribution in [0, 0.1) is 0 Å². The molecule has 2 fully saturated rings. The van der Waals surface area contributed by atoms with E-state index in [0.717, 1.165) is 40.8 Å². The molecule has 2 aliphatic heterocycles. The minimum Gasteiger partial charge on any atom is -0.475 e. The molecule has 0 spiro atoms. The lowest BCUT2D eigenvalue weighted by Crippen LogP contribution is -2.43. The van der Waals surface area contributed by atoms with Crippen LogP contribution in [0.2, 0.25) is 0 Å². The van der Waals surface area contributed by atoms with Crippen molar-refractivity contribution in [2.24, 2.45) is 0 Å². The fraction of sp³-hybridized carbons (Fsp3) is 0.500. The first-order valence-corrected chi connectivity index (χ1v) is 12.4. The largest absolute Gasteiger partial charge is 0.475 e. The number of carbonyl (C=O) groups is 1. The van der Waals surface area contributed by atoms with Crippen molar-refractivity contribution in [1.29, 1.82) is 0 Å². The lowest BCUT2D eigenvalue weighted by Gasteiger charge is -2.26. The number of esters is 1. The van der Waals surface area contributed by atoms with Crippen LogP contribution in [0.1, 0.15) is 27.2 Å². The quantitative estimate of drug-likeness (QED) is 0.323. The molecular weight excluding hydrogens is 462 g/mol. The molecule has 0 aliphatic carbocycles. The number of anilines is 1. The molecule has 10 heteroatoms. The van der Waals surface area contributed by atoms with E-state index in [1.54, 1.807) is 13.3 Å². The molecule has 3 atom stereocenters. The Morgan fingerprint density at radius 3 is 2.92 bits per heavy atom. The second-order valence-corrected chi connectivity index (χ2v) is 9.54. The highest BCUT2D eigenvalue weighted by Crippen LogP contribution is 2.41. The number of benzene rings is 1. The number of nitrogens with zero attached hydrogens (tertiary/aromatic N) is 3. The van der Waals surface area contributed by atoms with Crippen LogP contribution in [0.3, 0.4) is 0 Å². The van der Waals surface area contributed by atoms with Crippen LogP contribution in [-0.4, -0.2) is 83.4 Å². The minimum atomic E-state index is -0.458. The molecule has 192 valence electrons. The topological polar surface area (TPSA) is 114 Å². The van der Waals surface area contributed by atoms with E-state index in [9.17, 15) is 4.79 Å². The van der Waals surface area contributed by atoms with Gasteiger partial charge >= 0.3 is 5.97 Å². The van der Waals surface area contributed by atoms with E-state index in [1.807, 2.05) is 45.0 Å². The van der Waals surface area contributed by atoms with E-state index in [-0.39, 0.29) is 30.9 Å². The molecule has 2 aliphatic rings. The van der Waals surface area contributed by atoms with Gasteiger partial charge < -0.3 is 24.3 Å². The van der Waals surface area contributed by atoms with Crippen molar-refractivity contribution >= 4 is 22.6 Å². The second kappa shape index (κ2) is 10.0. The van der Waals surface area contributed by atoms with E-state index in [4.69, 9.17) is 18.9 Å². The van der Waals surface area contributed by atoms with Crippen LogP contribution in [0.4, 0.5) is 5.69 Å². The number of nitrogens with one attached hydrogen (secondary N) is 2. The summed E-state index contributed by atoms with van der Waals surface area (Å²) in [4.78, 5) is 18.4. The Morgan fingerprint density at radius 2 is 2.19 bits per heavy atom. The summed E-state index contributed by atoms with van der Waals surface area (Å²) in [6.07, 6.45) is 2.36. The monoisotopic (exact) mass is 495 g/mol. The Balaban J connectivity index is 1.26. The molecule has 0 saturated carbocycles. The van der Waals surface area contributed by atoms with Gasteiger partial charge in [0.2, 0.25) is 5.88 Å². The van der Waals surface area contributed by atoms with Gasteiger partial charge in [0.05, 0.1) is 24.8 Å². The molecule has 10 nitrogen and oxygen atoms in total. The van der Waals surface area contributed by atoms with Crippen LogP contribution < -0.4 is 10.1 Å². The Bertz CT molecular complexity index is 1210. The fourth-order valence-electron chi connectivity index (χ4n) is 4.87. The molecule has 2 N–H and O–H groups in total. The SMILES string of the molecule is CCOC(=O)CN1CC[C@@](OC)([C@H]2OC2Nc2ccc3[nH]nc(-c4ccc(OC(C)C)nc4)c3c2)C1. The van der Waals surface area contributed by atoms with Crippen molar-refractivity contribution in [3.63, 3.8) is 0 Å². The smallest absolute Gasteiger partial charge is 0.320 e. The van der Waals surface area contributed by atoms with E-state index in [0.29, 0.717) is 19.0 Å². The molecule has 1 aromatic carbocycles. The molecule has 0 amide bonds. The molecule has 5 rings (SSSR count). The summed E-state index contributed by atoms with van der Waals surface area (Å²) >= 11 is 0. The molecule has 36 heavy (non-hydrogen) atoms. The van der Waals surface area contributed by atoms with Crippen LogP contribution in [-0.2, 0) is 19.0 Å². The van der Waals surface area contributed by atoms with Crippen molar-refractivity contribution in [1.82, 2.24) is 20.1 Å². The maximum Gasteiger partial charge on any atom is 0.320 e. The molecule has 4 heterocycles. The fourth-order valence-corrected chi connectivity index (χ4v) is 4.87. The summed E-state index contributed by atoms with van der Waals surface area (Å²) < 4.78 is 22.7. The minimum absolute atomic E-state index is 0.0683. The summed E-state index contributed by atoms with van der Waals surface area (Å²) in [5, 5.41) is 12.1. The van der Waals surface area contributed by atoms with E-state index >= 15 is 0 Å². The van der Waals surface area contributed by atoms with Gasteiger partial charge in [-0.2, -0.15) is 5.10 Å². The number of H-pyrrole nitrogens is 1. The third kappa shape index (κ3) is 5.02. The Labute approximate surface area is 210 Å². The number of aromatic nitrogens is 3. The van der Waals surface area contributed by atoms with Gasteiger partial charge in [-0.3, -0.25) is 14.8 Å². The lowest BCUT2D eigenvalue weighted by molar-refractivity contribution is -0.144. The van der Waals surface area contributed by atoms with Gasteiger partial charge in [-0.15, -0.1) is 0 Å². The number of fused-ring (bicyclic) bond motifs is 1. The van der Waals surface area contributed by atoms with Gasteiger partial charge in [0.15, 0.2) is 6.23 Å². The summed E-state index contributed by atoms with van der Waals surface area (Å²) in [5.41, 5.74) is 3.13. The second-order valence-electron chi connectivity index (χ2n) is 9.54. The zero-order chi connectivity index (χ0) is 25.3. The average molecular weight is 496 g/mol. The van der Waals surface area contributed by atoms with Crippen molar-refractivity contribution in [2.45, 2.75) is 51.2 Å². The van der Waals surface area contributed by atoms with Crippen LogP contribution in [0.15, 0.2) is 36.5 Å². The third-order valence-electron chi connectivity index (χ3n) is 6.66. The van der Waals surface area contributed by atoms with Gasteiger partial charge in [0.25, 0.3) is 0 Å². The van der Waals surface area contributed by atoms with E-state index in [2.05, 4.69) is 31.5 Å². The van der Waals surface area contributed by atoms with E-state index in [1.165, 1.54) is 0 Å². The predicted molar refractivity (Wildman–Crippen MR) is 135 cm³/mol. The van der Waals surface area contributed by atoms with Gasteiger partial charge in [0.1, 0.15) is 17.4 Å². The first-order chi connectivity index (χ1) is 17.4. The Hall–Kier alpha value is -3.21. The summed E-state index contributed by atoms with van der Waals surface area (Å²) in [6.45, 7) is 7.80. The van der Waals surface area contributed by atoms with Crippen molar-refractivity contribution in [3.05, 3.63) is 36.5 Å². The number of hydrogen-bond acceptors (Lipinski definition) is 9. The van der Waals surface area contributed by atoms with Crippen LogP contribution in [0.25, 0.3) is 22.2 Å². The number of hydrogen-bond donors (Lipinski definition) is 2. The first kappa shape index (κ1) is 24.5. The molecule has 0 radical (unpaired) electrons. The molecule has 3 aromatic rings. The highest BCUT2D eigenvalue weighted by Gasteiger charge is 2.58. The summed E-state index contributed by atoms with van der Waals surface area (Å²) in [6, 6.07) is 9.88. The van der Waals surface area contributed by atoms with Gasteiger partial charge in [-0.1, -0.05) is 0 Å². The lowest BCUT2D eigenvalue weighted by atomic mass is 9.98. The maximum absolute atomic E-state index is 11.9.